The van der Waals surface area contributed by atoms with Crippen molar-refractivity contribution in [2.45, 2.75) is 39.7 Å². The molecule has 2 heterocycles. The highest BCUT2D eigenvalue weighted by Crippen LogP contribution is 2.44. The summed E-state index contributed by atoms with van der Waals surface area (Å²) in [6, 6.07) is 19.8. The Bertz CT molecular complexity index is 1310. The van der Waals surface area contributed by atoms with Gasteiger partial charge in [0.05, 0.1) is 11.8 Å². The third kappa shape index (κ3) is 5.61. The Morgan fingerprint density at radius 2 is 1.69 bits per heavy atom. The first kappa shape index (κ1) is 24.5. The Hall–Kier alpha value is -3.22. The molecule has 4 aromatic rings. The average molecular weight is 503 g/mol. The van der Waals surface area contributed by atoms with Crippen LogP contribution in [-0.4, -0.2) is 42.4 Å². The van der Waals surface area contributed by atoms with E-state index >= 15 is 0 Å². The number of aromatic hydroxyl groups is 1. The molecule has 0 saturated carbocycles. The minimum Gasteiger partial charge on any atom is -0.508 e. The lowest BCUT2D eigenvalue weighted by Crippen LogP contribution is -2.25. The number of nitrogens with zero attached hydrogens (tertiary/aromatic N) is 1. The van der Waals surface area contributed by atoms with Gasteiger partial charge in [-0.2, -0.15) is 0 Å². The Labute approximate surface area is 217 Å². The van der Waals surface area contributed by atoms with E-state index in [9.17, 15) is 5.11 Å². The van der Waals surface area contributed by atoms with E-state index in [4.69, 9.17) is 9.47 Å². The summed E-state index contributed by atoms with van der Waals surface area (Å²) in [5.74, 6) is 2.01. The van der Waals surface area contributed by atoms with Crippen LogP contribution in [-0.2, 0) is 0 Å². The fourth-order valence-electron chi connectivity index (χ4n) is 4.77. The van der Waals surface area contributed by atoms with Crippen LogP contribution in [0.4, 0.5) is 11.4 Å². The lowest BCUT2D eigenvalue weighted by molar-refractivity contribution is 0.238. The fraction of sp³-hybridized carbons (Fsp3) is 0.333. The van der Waals surface area contributed by atoms with E-state index in [1.54, 1.807) is 23.5 Å². The second-order valence-corrected chi connectivity index (χ2v) is 10.7. The predicted octanol–water partition coefficient (Wildman–Crippen LogP) is 7.59. The molecule has 2 N–H and O–H groups in total. The molecule has 1 aromatic heterocycles. The number of phenols is 1. The summed E-state index contributed by atoms with van der Waals surface area (Å²) in [6.07, 6.45) is 2.69. The van der Waals surface area contributed by atoms with Crippen molar-refractivity contribution in [3.8, 4) is 27.7 Å². The van der Waals surface area contributed by atoms with Gasteiger partial charge in [0.25, 0.3) is 0 Å². The number of aryl methyl sites for hydroxylation is 1. The van der Waals surface area contributed by atoms with Crippen LogP contribution in [0, 0.1) is 6.92 Å². The summed E-state index contributed by atoms with van der Waals surface area (Å²) >= 11 is 1.75. The molecule has 0 spiro atoms. The van der Waals surface area contributed by atoms with Gasteiger partial charge in [0, 0.05) is 33.3 Å². The summed E-state index contributed by atoms with van der Waals surface area (Å²) < 4.78 is 13.2. The molecular formula is C30H34N2O3S. The van der Waals surface area contributed by atoms with Crippen molar-refractivity contribution in [2.24, 2.45) is 0 Å². The minimum atomic E-state index is 0.0879. The van der Waals surface area contributed by atoms with Gasteiger partial charge in [-0.25, -0.2) is 0 Å². The first-order chi connectivity index (χ1) is 17.5. The molecule has 0 amide bonds. The highest BCUT2D eigenvalue weighted by molar-refractivity contribution is 7.22. The standard InChI is InChI=1S/C30H34N2O3S/c1-20(2)35-26-18-27(29-21(3)30(36-28(29)19-26)22-6-10-24(33)11-7-22)31-23-8-12-25(13-9-23)34-17-16-32-14-4-5-15-32/h6-13,18-20,31,33H,4-5,14-17H2,1-3H3. The molecule has 188 valence electrons. The van der Waals surface area contributed by atoms with E-state index in [1.165, 1.54) is 41.8 Å². The molecule has 0 bridgehead atoms. The quantitative estimate of drug-likeness (QED) is 0.247. The van der Waals surface area contributed by atoms with Gasteiger partial charge in [0.1, 0.15) is 23.9 Å². The second kappa shape index (κ2) is 10.8. The van der Waals surface area contributed by atoms with Crippen LogP contribution in [0.5, 0.6) is 17.2 Å². The molecule has 6 heteroatoms. The maximum atomic E-state index is 9.72. The van der Waals surface area contributed by atoms with E-state index in [0.717, 1.165) is 46.3 Å². The summed E-state index contributed by atoms with van der Waals surface area (Å²) in [7, 11) is 0. The first-order valence-corrected chi connectivity index (χ1v) is 13.5. The van der Waals surface area contributed by atoms with E-state index in [0.29, 0.717) is 0 Å². The lowest BCUT2D eigenvalue weighted by Gasteiger charge is -2.16. The largest absolute Gasteiger partial charge is 0.508 e. The number of nitrogens with one attached hydrogen (secondary N) is 1. The van der Waals surface area contributed by atoms with Crippen LogP contribution in [0.1, 0.15) is 32.3 Å². The zero-order valence-corrected chi connectivity index (χ0v) is 22.0. The maximum Gasteiger partial charge on any atom is 0.123 e. The van der Waals surface area contributed by atoms with Crippen LogP contribution in [0.15, 0.2) is 60.7 Å². The number of phenolic OH excluding ortho intramolecular Hbond substituents is 1. The number of ether oxygens (including phenoxy) is 2. The number of benzene rings is 3. The van der Waals surface area contributed by atoms with Crippen molar-refractivity contribution in [3.05, 3.63) is 66.2 Å². The minimum absolute atomic E-state index is 0.0879. The molecule has 5 rings (SSSR count). The van der Waals surface area contributed by atoms with E-state index < -0.39 is 0 Å². The molecule has 0 aliphatic carbocycles. The normalized spacial score (nSPS) is 14.0. The molecule has 1 fully saturated rings. The van der Waals surface area contributed by atoms with Crippen molar-refractivity contribution in [1.82, 2.24) is 4.90 Å². The number of anilines is 2. The van der Waals surface area contributed by atoms with Crippen molar-refractivity contribution in [2.75, 3.05) is 31.6 Å². The summed E-state index contributed by atoms with van der Waals surface area (Å²) in [6.45, 7) is 10.3. The van der Waals surface area contributed by atoms with Crippen LogP contribution >= 0.6 is 11.3 Å². The summed E-state index contributed by atoms with van der Waals surface area (Å²) in [5.41, 5.74) is 4.33. The Balaban J connectivity index is 1.40. The molecule has 5 nitrogen and oxygen atoms in total. The van der Waals surface area contributed by atoms with E-state index in [1.807, 2.05) is 38.1 Å². The fourth-order valence-corrected chi connectivity index (χ4v) is 6.04. The number of fused-ring (bicyclic) bond motifs is 1. The second-order valence-electron chi connectivity index (χ2n) is 9.66. The topological polar surface area (TPSA) is 54.0 Å². The molecule has 3 aromatic carbocycles. The van der Waals surface area contributed by atoms with Gasteiger partial charge in [0.2, 0.25) is 0 Å². The maximum absolute atomic E-state index is 9.72. The molecular weight excluding hydrogens is 468 g/mol. The van der Waals surface area contributed by atoms with Crippen molar-refractivity contribution in [1.29, 1.82) is 0 Å². The van der Waals surface area contributed by atoms with Gasteiger partial charge in [-0.3, -0.25) is 4.90 Å². The van der Waals surface area contributed by atoms with Gasteiger partial charge >= 0.3 is 0 Å². The number of rotatable bonds is 9. The van der Waals surface area contributed by atoms with Crippen LogP contribution in [0.2, 0.25) is 0 Å². The highest BCUT2D eigenvalue weighted by atomic mass is 32.1. The monoisotopic (exact) mass is 502 g/mol. The van der Waals surface area contributed by atoms with Crippen LogP contribution < -0.4 is 14.8 Å². The third-order valence-electron chi connectivity index (χ3n) is 6.51. The van der Waals surface area contributed by atoms with Crippen molar-refractivity contribution >= 4 is 32.8 Å². The molecule has 36 heavy (non-hydrogen) atoms. The van der Waals surface area contributed by atoms with Gasteiger partial charge in [0.15, 0.2) is 0 Å². The average Bonchev–Trinajstić information content (AvgIpc) is 3.48. The van der Waals surface area contributed by atoms with Gasteiger partial charge < -0.3 is 19.9 Å². The van der Waals surface area contributed by atoms with Crippen molar-refractivity contribution < 1.29 is 14.6 Å². The molecule has 0 atom stereocenters. The molecule has 1 saturated heterocycles. The summed E-state index contributed by atoms with van der Waals surface area (Å²) in [5, 5.41) is 14.5. The van der Waals surface area contributed by atoms with Crippen LogP contribution in [0.3, 0.4) is 0 Å². The number of hydrogen-bond donors (Lipinski definition) is 2. The Morgan fingerprint density at radius 1 is 0.972 bits per heavy atom. The van der Waals surface area contributed by atoms with Crippen LogP contribution in [0.25, 0.3) is 20.5 Å². The molecule has 1 aliphatic rings. The SMILES string of the molecule is Cc1c(-c2ccc(O)cc2)sc2cc(OC(C)C)cc(Nc3ccc(OCCN4CCCC4)cc3)c12. The Kier molecular flexibility index (Phi) is 7.35. The lowest BCUT2D eigenvalue weighted by atomic mass is 10.1. The van der Waals surface area contributed by atoms with Crippen molar-refractivity contribution in [3.63, 3.8) is 0 Å². The molecule has 0 radical (unpaired) electrons. The van der Waals surface area contributed by atoms with Gasteiger partial charge in [-0.15, -0.1) is 11.3 Å². The molecule has 1 aliphatic heterocycles. The van der Waals surface area contributed by atoms with Gasteiger partial charge in [-0.1, -0.05) is 0 Å². The number of thiophene rings is 1. The van der Waals surface area contributed by atoms with E-state index in [2.05, 4.69) is 41.4 Å². The Morgan fingerprint density at radius 3 is 2.39 bits per heavy atom. The predicted molar refractivity (Wildman–Crippen MR) is 150 cm³/mol. The number of hydrogen-bond acceptors (Lipinski definition) is 6. The number of likely N-dealkylation sites (tertiary alicyclic amines) is 1. The van der Waals surface area contributed by atoms with E-state index in [-0.39, 0.29) is 11.9 Å². The first-order valence-electron chi connectivity index (χ1n) is 12.7. The summed E-state index contributed by atoms with van der Waals surface area (Å²) in [4.78, 5) is 3.65. The zero-order valence-electron chi connectivity index (χ0n) is 21.2. The smallest absolute Gasteiger partial charge is 0.123 e. The van der Waals surface area contributed by atoms with Gasteiger partial charge in [-0.05, 0) is 112 Å². The zero-order chi connectivity index (χ0) is 25.1. The highest BCUT2D eigenvalue weighted by Gasteiger charge is 2.17. The molecule has 0 unspecified atom stereocenters. The third-order valence-corrected chi connectivity index (χ3v) is 7.80.